The van der Waals surface area contributed by atoms with Crippen LogP contribution >= 0.6 is 0 Å². The predicted molar refractivity (Wildman–Crippen MR) is 89.3 cm³/mol. The molecule has 2 fully saturated rings. The second-order valence-electron chi connectivity index (χ2n) is 8.23. The molecule has 1 saturated carbocycles. The van der Waals surface area contributed by atoms with E-state index >= 15 is 0 Å². The van der Waals surface area contributed by atoms with Gasteiger partial charge in [0.15, 0.2) is 5.79 Å². The van der Waals surface area contributed by atoms with Crippen LogP contribution in [0.2, 0.25) is 0 Å². The molecule has 5 nitrogen and oxygen atoms in total. The van der Waals surface area contributed by atoms with Crippen molar-refractivity contribution in [3.63, 3.8) is 0 Å². The summed E-state index contributed by atoms with van der Waals surface area (Å²) >= 11 is 0. The summed E-state index contributed by atoms with van der Waals surface area (Å²) in [5.74, 6) is -0.464. The molecule has 0 aromatic carbocycles. The van der Waals surface area contributed by atoms with E-state index < -0.39 is 11.8 Å². The molecule has 5 heteroatoms. The van der Waals surface area contributed by atoms with Gasteiger partial charge in [0.25, 0.3) is 0 Å². The number of hydrogen-bond donors (Lipinski definition) is 1. The number of hydrogen-bond acceptors (Lipinski definition) is 4. The second-order valence-corrected chi connectivity index (χ2v) is 8.23. The van der Waals surface area contributed by atoms with E-state index in [1.165, 1.54) is 0 Å². The first-order chi connectivity index (χ1) is 10.7. The Hall–Kier alpha value is -0.650. The lowest BCUT2D eigenvalue weighted by atomic mass is 9.71. The lowest BCUT2D eigenvalue weighted by Crippen LogP contribution is -2.41. The number of carbonyl (C=O) groups is 1. The van der Waals surface area contributed by atoms with Gasteiger partial charge in [0, 0.05) is 19.4 Å². The zero-order chi connectivity index (χ0) is 17.1. The Balaban J connectivity index is 1.85. The van der Waals surface area contributed by atoms with Crippen molar-refractivity contribution >= 4 is 5.97 Å². The van der Waals surface area contributed by atoms with Gasteiger partial charge in [-0.1, -0.05) is 27.7 Å². The smallest absolute Gasteiger partial charge is 0.317 e. The Kier molecular flexibility index (Phi) is 6.09. The quantitative estimate of drug-likeness (QED) is 0.812. The highest BCUT2D eigenvalue weighted by atomic mass is 16.7. The monoisotopic (exact) mass is 327 g/mol. The summed E-state index contributed by atoms with van der Waals surface area (Å²) in [7, 11) is 0. The Morgan fingerprint density at radius 2 is 1.96 bits per heavy atom. The summed E-state index contributed by atoms with van der Waals surface area (Å²) in [5, 5.41) is 9.02. The van der Waals surface area contributed by atoms with Gasteiger partial charge >= 0.3 is 5.97 Å². The van der Waals surface area contributed by atoms with Crippen LogP contribution in [-0.2, 0) is 14.3 Å². The standard InChI is InChI=1S/C18H33NO4/c1-5-10-19(12-16(20)21)11-15-13-22-18(23-15)8-6-14(7-9-18)17(2,3)4/h14-15H,5-13H2,1-4H3,(H,20,21). The van der Waals surface area contributed by atoms with Crippen LogP contribution in [-0.4, -0.2) is 54.1 Å². The fourth-order valence-electron chi connectivity index (χ4n) is 3.92. The van der Waals surface area contributed by atoms with E-state index in [0.717, 1.165) is 44.6 Å². The van der Waals surface area contributed by atoms with Gasteiger partial charge in [0.1, 0.15) is 0 Å². The predicted octanol–water partition coefficient (Wildman–Crippen LogP) is 3.13. The molecular formula is C18H33NO4. The normalized spacial score (nSPS) is 31.9. The van der Waals surface area contributed by atoms with Crippen LogP contribution in [0.5, 0.6) is 0 Å². The molecule has 2 rings (SSSR count). The van der Waals surface area contributed by atoms with Crippen LogP contribution in [0.15, 0.2) is 0 Å². The summed E-state index contributed by atoms with van der Waals surface area (Å²) in [6.07, 6.45) is 5.14. The first-order valence-corrected chi connectivity index (χ1v) is 9.00. The third kappa shape index (κ3) is 5.16. The van der Waals surface area contributed by atoms with E-state index in [4.69, 9.17) is 14.6 Å². The molecule has 1 aliphatic carbocycles. The average molecular weight is 327 g/mol. The lowest BCUT2D eigenvalue weighted by molar-refractivity contribution is -0.197. The van der Waals surface area contributed by atoms with Gasteiger partial charge in [-0.2, -0.15) is 0 Å². The minimum atomic E-state index is -0.780. The molecule has 1 spiro atoms. The van der Waals surface area contributed by atoms with E-state index in [1.54, 1.807) is 0 Å². The molecule has 0 aromatic rings. The van der Waals surface area contributed by atoms with E-state index in [9.17, 15) is 4.79 Å². The molecule has 0 bridgehead atoms. The van der Waals surface area contributed by atoms with Gasteiger partial charge in [-0.3, -0.25) is 9.69 Å². The van der Waals surface area contributed by atoms with Crippen LogP contribution in [0.1, 0.15) is 59.8 Å². The van der Waals surface area contributed by atoms with Crippen LogP contribution in [0.3, 0.4) is 0 Å². The number of ether oxygens (including phenoxy) is 2. The molecule has 23 heavy (non-hydrogen) atoms. The van der Waals surface area contributed by atoms with Gasteiger partial charge in [-0.25, -0.2) is 0 Å². The van der Waals surface area contributed by atoms with E-state index in [0.29, 0.717) is 18.6 Å². The molecule has 0 radical (unpaired) electrons. The molecule has 1 atom stereocenters. The molecule has 1 saturated heterocycles. The number of carboxylic acids is 1. The Morgan fingerprint density at radius 1 is 1.30 bits per heavy atom. The SMILES string of the molecule is CCCN(CC(=O)O)CC1COC2(CCC(C(C)(C)C)CC2)O1. The van der Waals surface area contributed by atoms with Crippen LogP contribution in [0, 0.1) is 11.3 Å². The Morgan fingerprint density at radius 3 is 2.48 bits per heavy atom. The van der Waals surface area contributed by atoms with Crippen molar-refractivity contribution in [1.82, 2.24) is 4.90 Å². The molecule has 2 aliphatic rings. The van der Waals surface area contributed by atoms with Crippen molar-refractivity contribution in [3.05, 3.63) is 0 Å². The molecule has 1 aliphatic heterocycles. The third-order valence-corrected chi connectivity index (χ3v) is 5.25. The van der Waals surface area contributed by atoms with Crippen LogP contribution < -0.4 is 0 Å². The first-order valence-electron chi connectivity index (χ1n) is 9.00. The van der Waals surface area contributed by atoms with E-state index in [1.807, 2.05) is 4.90 Å². The minimum Gasteiger partial charge on any atom is -0.480 e. The van der Waals surface area contributed by atoms with Crippen LogP contribution in [0.4, 0.5) is 0 Å². The van der Waals surface area contributed by atoms with Gasteiger partial charge < -0.3 is 14.6 Å². The molecular weight excluding hydrogens is 294 g/mol. The molecule has 1 N–H and O–H groups in total. The fraction of sp³-hybridized carbons (Fsp3) is 0.944. The zero-order valence-corrected chi connectivity index (χ0v) is 15.1. The van der Waals surface area contributed by atoms with Gasteiger partial charge in [-0.15, -0.1) is 0 Å². The summed E-state index contributed by atoms with van der Waals surface area (Å²) in [5.41, 5.74) is 0.346. The molecule has 1 heterocycles. The molecule has 0 amide bonds. The Labute approximate surface area is 140 Å². The van der Waals surface area contributed by atoms with Gasteiger partial charge in [0.05, 0.1) is 19.3 Å². The lowest BCUT2D eigenvalue weighted by Gasteiger charge is -2.41. The molecule has 1 unspecified atom stereocenters. The van der Waals surface area contributed by atoms with Crippen molar-refractivity contribution in [1.29, 1.82) is 0 Å². The highest BCUT2D eigenvalue weighted by molar-refractivity contribution is 5.69. The van der Waals surface area contributed by atoms with Crippen molar-refractivity contribution in [3.8, 4) is 0 Å². The maximum atomic E-state index is 11.0. The van der Waals surface area contributed by atoms with Crippen molar-refractivity contribution < 1.29 is 19.4 Å². The van der Waals surface area contributed by atoms with E-state index in [2.05, 4.69) is 27.7 Å². The summed E-state index contributed by atoms with van der Waals surface area (Å²) < 4.78 is 12.3. The molecule has 134 valence electrons. The zero-order valence-electron chi connectivity index (χ0n) is 15.1. The van der Waals surface area contributed by atoms with Gasteiger partial charge in [0.2, 0.25) is 0 Å². The maximum Gasteiger partial charge on any atom is 0.317 e. The summed E-state index contributed by atoms with van der Waals surface area (Å²) in [4.78, 5) is 12.9. The number of rotatable bonds is 6. The van der Waals surface area contributed by atoms with Gasteiger partial charge in [-0.05, 0) is 37.1 Å². The Bertz CT molecular complexity index is 396. The summed E-state index contributed by atoms with van der Waals surface area (Å²) in [6.45, 7) is 11.1. The largest absolute Gasteiger partial charge is 0.480 e. The average Bonchev–Trinajstić information content (AvgIpc) is 2.80. The van der Waals surface area contributed by atoms with Crippen LogP contribution in [0.25, 0.3) is 0 Å². The number of aliphatic carboxylic acids is 1. The maximum absolute atomic E-state index is 11.0. The highest BCUT2D eigenvalue weighted by Crippen LogP contribution is 2.45. The van der Waals surface area contributed by atoms with Crippen molar-refractivity contribution in [2.45, 2.75) is 71.7 Å². The topological polar surface area (TPSA) is 59.0 Å². The molecule has 0 aromatic heterocycles. The number of carboxylic acid groups (broad SMARTS) is 1. The highest BCUT2D eigenvalue weighted by Gasteiger charge is 2.46. The second kappa shape index (κ2) is 7.49. The first kappa shape index (κ1) is 18.7. The minimum absolute atomic E-state index is 0.00733. The number of nitrogens with zero attached hydrogens (tertiary/aromatic N) is 1. The fourth-order valence-corrected chi connectivity index (χ4v) is 3.92. The van der Waals surface area contributed by atoms with Crippen molar-refractivity contribution in [2.75, 3.05) is 26.2 Å². The third-order valence-electron chi connectivity index (χ3n) is 5.25. The van der Waals surface area contributed by atoms with E-state index in [-0.39, 0.29) is 12.6 Å². The summed E-state index contributed by atoms with van der Waals surface area (Å²) in [6, 6.07) is 0. The van der Waals surface area contributed by atoms with Crippen molar-refractivity contribution in [2.24, 2.45) is 11.3 Å².